The Morgan fingerprint density at radius 2 is 1.78 bits per heavy atom. The molecule has 0 N–H and O–H groups in total. The summed E-state index contributed by atoms with van der Waals surface area (Å²) in [5, 5.41) is 0. The smallest absolute Gasteiger partial charge is 0.340 e. The van der Waals surface area contributed by atoms with Crippen LogP contribution in [0.4, 0.5) is 0 Å². The average Bonchev–Trinajstić information content (AvgIpc) is 2.92. The summed E-state index contributed by atoms with van der Waals surface area (Å²) in [5.74, 6) is -0.668. The zero-order chi connectivity index (χ0) is 19.4. The van der Waals surface area contributed by atoms with Gasteiger partial charge in [-0.25, -0.2) is 4.79 Å². The third-order valence-corrected chi connectivity index (χ3v) is 5.08. The quantitative estimate of drug-likeness (QED) is 0.527. The van der Waals surface area contributed by atoms with E-state index in [0.717, 1.165) is 15.6 Å². The molecular formula is C22H20BrNO3. The zero-order valence-electron chi connectivity index (χ0n) is 15.2. The molecule has 27 heavy (non-hydrogen) atoms. The van der Waals surface area contributed by atoms with Gasteiger partial charge < -0.3 is 9.64 Å². The second kappa shape index (κ2) is 8.35. The molecule has 0 unspecified atom stereocenters. The lowest BCUT2D eigenvalue weighted by Crippen LogP contribution is -2.27. The van der Waals surface area contributed by atoms with Gasteiger partial charge >= 0.3 is 5.97 Å². The van der Waals surface area contributed by atoms with Gasteiger partial charge in [-0.1, -0.05) is 58.4 Å². The Labute approximate surface area is 167 Å². The van der Waals surface area contributed by atoms with Gasteiger partial charge in [-0.05, 0) is 42.7 Å². The Kier molecular flexibility index (Phi) is 5.91. The largest absolute Gasteiger partial charge is 0.465 e. The van der Waals surface area contributed by atoms with E-state index in [4.69, 9.17) is 4.74 Å². The van der Waals surface area contributed by atoms with Crippen molar-refractivity contribution in [1.82, 2.24) is 4.90 Å². The molecule has 0 aromatic heterocycles. The molecule has 0 aliphatic carbocycles. The SMILES string of the molecule is COC(=O)C1=C(C)N(CCc2ccccc2)C(=O)/C1=C\c1ccc(Br)cc1. The number of benzene rings is 2. The predicted molar refractivity (Wildman–Crippen MR) is 109 cm³/mol. The Morgan fingerprint density at radius 3 is 2.41 bits per heavy atom. The molecule has 0 fully saturated rings. The van der Waals surface area contributed by atoms with E-state index in [1.807, 2.05) is 54.6 Å². The molecular weight excluding hydrogens is 406 g/mol. The van der Waals surface area contributed by atoms with Gasteiger partial charge in [0.1, 0.15) is 0 Å². The normalized spacial score (nSPS) is 15.6. The minimum Gasteiger partial charge on any atom is -0.465 e. The van der Waals surface area contributed by atoms with Crippen LogP contribution >= 0.6 is 15.9 Å². The molecule has 1 aliphatic rings. The Morgan fingerprint density at radius 1 is 1.11 bits per heavy atom. The van der Waals surface area contributed by atoms with Crippen LogP contribution in [-0.2, 0) is 20.7 Å². The van der Waals surface area contributed by atoms with Gasteiger partial charge in [0, 0.05) is 16.7 Å². The van der Waals surface area contributed by atoms with E-state index in [9.17, 15) is 9.59 Å². The average molecular weight is 426 g/mol. The first-order chi connectivity index (χ1) is 13.0. The number of ether oxygens (including phenoxy) is 1. The number of carbonyl (C=O) groups excluding carboxylic acids is 2. The van der Waals surface area contributed by atoms with E-state index in [1.54, 1.807) is 17.9 Å². The highest BCUT2D eigenvalue weighted by Gasteiger charge is 2.36. The van der Waals surface area contributed by atoms with Gasteiger partial charge in [0.2, 0.25) is 0 Å². The summed E-state index contributed by atoms with van der Waals surface area (Å²) in [5.41, 5.74) is 3.32. The third kappa shape index (κ3) is 4.19. The van der Waals surface area contributed by atoms with Crippen molar-refractivity contribution in [2.45, 2.75) is 13.3 Å². The van der Waals surface area contributed by atoms with Crippen LogP contribution < -0.4 is 0 Å². The number of rotatable bonds is 5. The van der Waals surface area contributed by atoms with Crippen molar-refractivity contribution in [3.05, 3.63) is 87.0 Å². The number of hydrogen-bond acceptors (Lipinski definition) is 3. The summed E-state index contributed by atoms with van der Waals surface area (Å²) in [4.78, 5) is 27.0. The second-order valence-corrected chi connectivity index (χ2v) is 7.17. The maximum absolute atomic E-state index is 13.0. The maximum atomic E-state index is 13.0. The zero-order valence-corrected chi connectivity index (χ0v) is 16.8. The second-order valence-electron chi connectivity index (χ2n) is 6.25. The number of methoxy groups -OCH3 is 1. The molecule has 0 radical (unpaired) electrons. The highest BCUT2D eigenvalue weighted by Crippen LogP contribution is 2.32. The number of esters is 1. The topological polar surface area (TPSA) is 46.6 Å². The first-order valence-electron chi connectivity index (χ1n) is 8.64. The van der Waals surface area contributed by atoms with E-state index >= 15 is 0 Å². The number of amides is 1. The van der Waals surface area contributed by atoms with Gasteiger partial charge in [-0.3, -0.25) is 4.79 Å². The number of halogens is 1. The first kappa shape index (κ1) is 19.1. The van der Waals surface area contributed by atoms with Crippen molar-refractivity contribution < 1.29 is 14.3 Å². The Bertz CT molecular complexity index is 914. The fraction of sp³-hybridized carbons (Fsp3) is 0.182. The summed E-state index contributed by atoms with van der Waals surface area (Å²) < 4.78 is 5.88. The molecule has 5 heteroatoms. The van der Waals surface area contributed by atoms with Crippen LogP contribution in [-0.4, -0.2) is 30.4 Å². The van der Waals surface area contributed by atoms with E-state index in [1.165, 1.54) is 7.11 Å². The predicted octanol–water partition coefficient (Wildman–Crippen LogP) is 4.36. The Balaban J connectivity index is 1.92. The molecule has 1 heterocycles. The van der Waals surface area contributed by atoms with E-state index in [2.05, 4.69) is 15.9 Å². The number of hydrogen-bond donors (Lipinski definition) is 0. The van der Waals surface area contributed by atoms with Crippen LogP contribution in [0.1, 0.15) is 18.1 Å². The standard InChI is InChI=1S/C22H20BrNO3/c1-15-20(22(26)27-2)19(14-17-8-10-18(23)11-9-17)21(25)24(15)13-12-16-6-4-3-5-7-16/h3-11,14H,12-13H2,1-2H3/b19-14-. The van der Waals surface area contributed by atoms with Gasteiger partial charge in [0.15, 0.2) is 0 Å². The molecule has 0 saturated heterocycles. The van der Waals surface area contributed by atoms with Crippen molar-refractivity contribution in [2.75, 3.05) is 13.7 Å². The number of carbonyl (C=O) groups is 2. The lowest BCUT2D eigenvalue weighted by molar-refractivity contribution is -0.136. The highest BCUT2D eigenvalue weighted by atomic mass is 79.9. The Hall–Kier alpha value is -2.66. The van der Waals surface area contributed by atoms with Crippen LogP contribution in [0.15, 0.2) is 75.9 Å². The third-order valence-electron chi connectivity index (χ3n) is 4.55. The molecule has 4 nitrogen and oxygen atoms in total. The van der Waals surface area contributed by atoms with Crippen molar-refractivity contribution in [1.29, 1.82) is 0 Å². The van der Waals surface area contributed by atoms with Crippen molar-refractivity contribution in [3.63, 3.8) is 0 Å². The fourth-order valence-electron chi connectivity index (χ4n) is 3.11. The molecule has 1 amide bonds. The lowest BCUT2D eigenvalue weighted by atomic mass is 10.0. The van der Waals surface area contributed by atoms with Gasteiger partial charge in [0.25, 0.3) is 5.91 Å². The minimum atomic E-state index is -0.494. The van der Waals surface area contributed by atoms with Gasteiger partial charge in [-0.15, -0.1) is 0 Å². The lowest BCUT2D eigenvalue weighted by Gasteiger charge is -2.17. The van der Waals surface area contributed by atoms with Crippen LogP contribution in [0.5, 0.6) is 0 Å². The molecule has 0 atom stereocenters. The van der Waals surface area contributed by atoms with Gasteiger partial charge in [0.05, 0.1) is 18.3 Å². The molecule has 0 spiro atoms. The number of allylic oxidation sites excluding steroid dienone is 1. The van der Waals surface area contributed by atoms with Crippen molar-refractivity contribution in [3.8, 4) is 0 Å². The van der Waals surface area contributed by atoms with Crippen molar-refractivity contribution in [2.24, 2.45) is 0 Å². The minimum absolute atomic E-state index is 0.174. The maximum Gasteiger partial charge on any atom is 0.340 e. The van der Waals surface area contributed by atoms with Crippen LogP contribution in [0, 0.1) is 0 Å². The fourth-order valence-corrected chi connectivity index (χ4v) is 3.37. The molecule has 1 aliphatic heterocycles. The summed E-state index contributed by atoms with van der Waals surface area (Å²) in [6.45, 7) is 2.30. The summed E-state index contributed by atoms with van der Waals surface area (Å²) in [7, 11) is 1.33. The summed E-state index contributed by atoms with van der Waals surface area (Å²) in [6, 6.07) is 17.5. The van der Waals surface area contributed by atoms with Crippen LogP contribution in [0.3, 0.4) is 0 Å². The van der Waals surface area contributed by atoms with E-state index in [-0.39, 0.29) is 5.91 Å². The van der Waals surface area contributed by atoms with E-state index in [0.29, 0.717) is 29.8 Å². The first-order valence-corrected chi connectivity index (χ1v) is 9.43. The van der Waals surface area contributed by atoms with Crippen LogP contribution in [0.2, 0.25) is 0 Å². The highest BCUT2D eigenvalue weighted by molar-refractivity contribution is 9.10. The monoisotopic (exact) mass is 425 g/mol. The molecule has 0 saturated carbocycles. The molecule has 2 aromatic rings. The summed E-state index contributed by atoms with van der Waals surface area (Å²) in [6.07, 6.45) is 2.46. The summed E-state index contributed by atoms with van der Waals surface area (Å²) >= 11 is 3.40. The molecule has 3 rings (SSSR count). The van der Waals surface area contributed by atoms with Crippen molar-refractivity contribution >= 4 is 33.9 Å². The van der Waals surface area contributed by atoms with Gasteiger partial charge in [-0.2, -0.15) is 0 Å². The van der Waals surface area contributed by atoms with Crippen LogP contribution in [0.25, 0.3) is 6.08 Å². The molecule has 2 aromatic carbocycles. The molecule has 138 valence electrons. The molecule has 0 bridgehead atoms. The van der Waals surface area contributed by atoms with E-state index < -0.39 is 5.97 Å². The number of nitrogens with zero attached hydrogens (tertiary/aromatic N) is 1.